The molecule has 1 amide bonds. The van der Waals surface area contributed by atoms with Crippen molar-refractivity contribution in [2.75, 3.05) is 7.05 Å². The minimum atomic E-state index is -4.83. The Hall–Kier alpha value is -1.27. The van der Waals surface area contributed by atoms with Crippen LogP contribution >= 0.6 is 0 Å². The second-order valence-corrected chi connectivity index (χ2v) is 6.88. The smallest absolute Gasteiger partial charge is 0.460 e. The fourth-order valence-corrected chi connectivity index (χ4v) is 2.72. The summed E-state index contributed by atoms with van der Waals surface area (Å²) >= 11 is 0. The summed E-state index contributed by atoms with van der Waals surface area (Å²) in [5, 5.41) is 0. The zero-order valence-electron chi connectivity index (χ0n) is 13.5. The van der Waals surface area contributed by atoms with Crippen molar-refractivity contribution in [3.05, 3.63) is 0 Å². The molecule has 0 aliphatic heterocycles. The normalized spacial score (nSPS) is 23.0. The predicted molar refractivity (Wildman–Crippen MR) is 75.0 cm³/mol. The molecule has 0 atom stereocenters. The first-order valence-electron chi connectivity index (χ1n) is 7.46. The van der Waals surface area contributed by atoms with Gasteiger partial charge in [-0.25, -0.2) is 0 Å². The zero-order valence-corrected chi connectivity index (χ0v) is 13.5. The molecule has 4 nitrogen and oxygen atoms in total. The van der Waals surface area contributed by atoms with Crippen LogP contribution in [0.1, 0.15) is 52.9 Å². The molecule has 0 radical (unpaired) electrons. The highest BCUT2D eigenvalue weighted by atomic mass is 19.4. The van der Waals surface area contributed by atoms with E-state index >= 15 is 0 Å². The molecular formula is C15H24F3NO3. The number of carbonyl (C=O) groups is 2. The monoisotopic (exact) mass is 323 g/mol. The van der Waals surface area contributed by atoms with Crippen LogP contribution in [-0.2, 0) is 14.3 Å². The molecule has 0 spiro atoms. The van der Waals surface area contributed by atoms with E-state index in [2.05, 4.69) is 0 Å². The Bertz CT molecular complexity index is 407. The van der Waals surface area contributed by atoms with Crippen LogP contribution in [0.25, 0.3) is 0 Å². The summed E-state index contributed by atoms with van der Waals surface area (Å²) in [6, 6.07) is -0.413. The predicted octanol–water partition coefficient (Wildman–Crippen LogP) is 3.30. The lowest BCUT2D eigenvalue weighted by atomic mass is 9.83. The molecule has 22 heavy (non-hydrogen) atoms. The van der Waals surface area contributed by atoms with Gasteiger partial charge in [-0.15, -0.1) is 0 Å². The van der Waals surface area contributed by atoms with Crippen LogP contribution in [-0.4, -0.2) is 41.6 Å². The lowest BCUT2D eigenvalue weighted by Crippen LogP contribution is -2.46. The molecule has 7 heteroatoms. The van der Waals surface area contributed by atoms with Crippen molar-refractivity contribution in [1.82, 2.24) is 4.90 Å². The minimum absolute atomic E-state index is 0.112. The van der Waals surface area contributed by atoms with Gasteiger partial charge in [-0.2, -0.15) is 13.2 Å². The Kier molecular flexibility index (Phi) is 5.87. The number of esters is 1. The Morgan fingerprint density at radius 2 is 1.59 bits per heavy atom. The van der Waals surface area contributed by atoms with E-state index < -0.39 is 23.7 Å². The van der Waals surface area contributed by atoms with Gasteiger partial charge in [0.25, 0.3) is 0 Å². The Morgan fingerprint density at radius 3 is 2.00 bits per heavy atom. The standard InChI is InChI=1S/C15H24F3NO3/c1-14(2,3)22-12(20)9-10-5-7-11(8-6-10)19(4)13(21)15(16,17)18/h10-11H,5-9H2,1-4H3. The Balaban J connectivity index is 2.44. The van der Waals surface area contributed by atoms with E-state index in [0.29, 0.717) is 25.7 Å². The maximum Gasteiger partial charge on any atom is 0.471 e. The van der Waals surface area contributed by atoms with E-state index in [1.807, 2.05) is 0 Å². The van der Waals surface area contributed by atoms with Gasteiger partial charge in [0.15, 0.2) is 0 Å². The molecule has 0 aromatic heterocycles. The van der Waals surface area contributed by atoms with Crippen LogP contribution in [0.2, 0.25) is 0 Å². The summed E-state index contributed by atoms with van der Waals surface area (Å²) in [7, 11) is 1.19. The van der Waals surface area contributed by atoms with Gasteiger partial charge in [0.05, 0.1) is 0 Å². The molecule has 1 saturated carbocycles. The number of hydrogen-bond acceptors (Lipinski definition) is 3. The molecule has 0 N–H and O–H groups in total. The fourth-order valence-electron chi connectivity index (χ4n) is 2.72. The molecular weight excluding hydrogens is 299 g/mol. The number of ether oxygens (including phenoxy) is 1. The minimum Gasteiger partial charge on any atom is -0.460 e. The highest BCUT2D eigenvalue weighted by molar-refractivity contribution is 5.81. The van der Waals surface area contributed by atoms with E-state index in [4.69, 9.17) is 4.74 Å². The van der Waals surface area contributed by atoms with Crippen molar-refractivity contribution < 1.29 is 27.5 Å². The quantitative estimate of drug-likeness (QED) is 0.749. The summed E-state index contributed by atoms with van der Waals surface area (Å²) in [5.41, 5.74) is -0.534. The highest BCUT2D eigenvalue weighted by Gasteiger charge is 2.43. The summed E-state index contributed by atoms with van der Waals surface area (Å²) in [4.78, 5) is 23.7. The number of alkyl halides is 3. The molecule has 128 valence electrons. The summed E-state index contributed by atoms with van der Waals surface area (Å²) in [6.45, 7) is 5.37. The van der Waals surface area contributed by atoms with Gasteiger partial charge in [-0.05, 0) is 52.4 Å². The van der Waals surface area contributed by atoms with Crippen LogP contribution in [0.5, 0.6) is 0 Å². The Labute approximate surface area is 129 Å². The van der Waals surface area contributed by atoms with E-state index in [0.717, 1.165) is 4.90 Å². The van der Waals surface area contributed by atoms with Gasteiger partial charge < -0.3 is 9.64 Å². The number of nitrogens with zero attached hydrogens (tertiary/aromatic N) is 1. The average molecular weight is 323 g/mol. The van der Waals surface area contributed by atoms with Crippen molar-refractivity contribution in [1.29, 1.82) is 0 Å². The highest BCUT2D eigenvalue weighted by Crippen LogP contribution is 2.31. The second-order valence-electron chi connectivity index (χ2n) is 6.88. The molecule has 1 aliphatic carbocycles. The van der Waals surface area contributed by atoms with Gasteiger partial charge >= 0.3 is 18.1 Å². The number of rotatable bonds is 3. The zero-order chi connectivity index (χ0) is 17.1. The first kappa shape index (κ1) is 18.8. The van der Waals surface area contributed by atoms with Crippen molar-refractivity contribution in [2.45, 2.75) is 70.7 Å². The summed E-state index contributed by atoms with van der Waals surface area (Å²) < 4.78 is 42.5. The van der Waals surface area contributed by atoms with Gasteiger partial charge in [0.1, 0.15) is 5.60 Å². The van der Waals surface area contributed by atoms with Crippen LogP contribution in [0.15, 0.2) is 0 Å². The molecule has 0 aromatic carbocycles. The molecule has 1 rings (SSSR count). The van der Waals surface area contributed by atoms with Gasteiger partial charge in [-0.3, -0.25) is 9.59 Å². The van der Waals surface area contributed by atoms with E-state index in [-0.39, 0.29) is 18.3 Å². The van der Waals surface area contributed by atoms with Crippen LogP contribution in [0.3, 0.4) is 0 Å². The topological polar surface area (TPSA) is 46.6 Å². The molecule has 0 saturated heterocycles. The Morgan fingerprint density at radius 1 is 1.09 bits per heavy atom. The molecule has 0 aromatic rings. The average Bonchev–Trinajstić information content (AvgIpc) is 2.34. The van der Waals surface area contributed by atoms with Crippen LogP contribution in [0.4, 0.5) is 13.2 Å². The van der Waals surface area contributed by atoms with E-state index in [1.165, 1.54) is 7.05 Å². The van der Waals surface area contributed by atoms with E-state index in [9.17, 15) is 22.8 Å². The molecule has 0 unspecified atom stereocenters. The molecule has 0 heterocycles. The first-order chi connectivity index (χ1) is 9.90. The lowest BCUT2D eigenvalue weighted by Gasteiger charge is -2.35. The third kappa shape index (κ3) is 5.85. The number of amides is 1. The van der Waals surface area contributed by atoms with E-state index in [1.54, 1.807) is 20.8 Å². The van der Waals surface area contributed by atoms with Crippen molar-refractivity contribution >= 4 is 11.9 Å². The molecule has 1 fully saturated rings. The van der Waals surface area contributed by atoms with Crippen molar-refractivity contribution in [3.63, 3.8) is 0 Å². The number of halogens is 3. The van der Waals surface area contributed by atoms with Crippen LogP contribution in [0, 0.1) is 5.92 Å². The maximum atomic E-state index is 12.4. The summed E-state index contributed by atoms with van der Waals surface area (Å²) in [6.07, 6.45) is -2.35. The third-order valence-electron chi connectivity index (χ3n) is 3.80. The first-order valence-corrected chi connectivity index (χ1v) is 7.46. The van der Waals surface area contributed by atoms with Gasteiger partial charge in [0, 0.05) is 19.5 Å². The number of hydrogen-bond donors (Lipinski definition) is 0. The van der Waals surface area contributed by atoms with Gasteiger partial charge in [0.2, 0.25) is 0 Å². The molecule has 1 aliphatic rings. The lowest BCUT2D eigenvalue weighted by molar-refractivity contribution is -0.187. The SMILES string of the molecule is CN(C(=O)C(F)(F)F)C1CCC(CC(=O)OC(C)(C)C)CC1. The van der Waals surface area contributed by atoms with Crippen molar-refractivity contribution in [2.24, 2.45) is 5.92 Å². The van der Waals surface area contributed by atoms with Crippen LogP contribution < -0.4 is 0 Å². The second kappa shape index (κ2) is 6.87. The largest absolute Gasteiger partial charge is 0.471 e. The third-order valence-corrected chi connectivity index (χ3v) is 3.80. The maximum absolute atomic E-state index is 12.4. The summed E-state index contributed by atoms with van der Waals surface area (Å²) in [5.74, 6) is -1.97. The molecule has 0 bridgehead atoms. The van der Waals surface area contributed by atoms with Crippen molar-refractivity contribution in [3.8, 4) is 0 Å². The van der Waals surface area contributed by atoms with Gasteiger partial charge in [-0.1, -0.05) is 0 Å². The number of carbonyl (C=O) groups excluding carboxylic acids is 2. The fraction of sp³-hybridized carbons (Fsp3) is 0.867.